The summed E-state index contributed by atoms with van der Waals surface area (Å²) in [5, 5.41) is 7.25. The van der Waals surface area contributed by atoms with Gasteiger partial charge in [-0.1, -0.05) is 81.1 Å². The van der Waals surface area contributed by atoms with E-state index in [0.29, 0.717) is 42.9 Å². The van der Waals surface area contributed by atoms with Crippen molar-refractivity contribution in [2.24, 2.45) is 11.8 Å². The van der Waals surface area contributed by atoms with Crippen molar-refractivity contribution < 1.29 is 9.59 Å². The maximum Gasteiger partial charge on any atom is 0.245 e. The number of halogens is 3. The zero-order valence-corrected chi connectivity index (χ0v) is 28.0. The van der Waals surface area contributed by atoms with Gasteiger partial charge in [0.15, 0.2) is 0 Å². The fourth-order valence-electron chi connectivity index (χ4n) is 7.19. The van der Waals surface area contributed by atoms with Gasteiger partial charge in [0, 0.05) is 62.7 Å². The SMILES string of the molecule is CC(C)CC(C1CCCCC1)N1CCN(C(=O)[C@@H](Cc2ccc(Cl)cc2)NC(=O)CC2NCc3ccccc32)CC1.Cl.Cl. The van der Waals surface area contributed by atoms with Crippen LogP contribution in [0.2, 0.25) is 5.02 Å². The number of hydrogen-bond donors (Lipinski definition) is 2. The van der Waals surface area contributed by atoms with E-state index in [4.69, 9.17) is 11.6 Å². The largest absolute Gasteiger partial charge is 0.344 e. The molecule has 5 rings (SSSR count). The van der Waals surface area contributed by atoms with E-state index in [1.54, 1.807) is 0 Å². The van der Waals surface area contributed by atoms with Gasteiger partial charge in [-0.2, -0.15) is 0 Å². The molecule has 2 amide bonds. The van der Waals surface area contributed by atoms with Crippen molar-refractivity contribution in [3.8, 4) is 0 Å². The van der Waals surface area contributed by atoms with Crippen LogP contribution in [0.15, 0.2) is 48.5 Å². The van der Waals surface area contributed by atoms with Gasteiger partial charge in [-0.3, -0.25) is 14.5 Å². The Balaban J connectivity index is 0.00000253. The summed E-state index contributed by atoms with van der Waals surface area (Å²) in [5.74, 6) is 1.37. The molecule has 2 N–H and O–H groups in total. The van der Waals surface area contributed by atoms with Gasteiger partial charge in [0.1, 0.15) is 6.04 Å². The first-order chi connectivity index (χ1) is 19.9. The van der Waals surface area contributed by atoms with Crippen LogP contribution in [-0.2, 0) is 22.6 Å². The van der Waals surface area contributed by atoms with Crippen molar-refractivity contribution in [1.82, 2.24) is 20.4 Å². The van der Waals surface area contributed by atoms with Gasteiger partial charge >= 0.3 is 0 Å². The highest BCUT2D eigenvalue weighted by Gasteiger charge is 2.35. The lowest BCUT2D eigenvalue weighted by Crippen LogP contribution is -2.58. The molecule has 2 heterocycles. The predicted octanol–water partition coefficient (Wildman–Crippen LogP) is 6.58. The average Bonchev–Trinajstić information content (AvgIpc) is 3.39. The molecule has 43 heavy (non-hydrogen) atoms. The summed E-state index contributed by atoms with van der Waals surface area (Å²) in [5.41, 5.74) is 3.40. The van der Waals surface area contributed by atoms with E-state index in [1.807, 2.05) is 41.3 Å². The number of carbonyl (C=O) groups is 2. The van der Waals surface area contributed by atoms with E-state index in [-0.39, 0.29) is 42.7 Å². The smallest absolute Gasteiger partial charge is 0.245 e. The van der Waals surface area contributed by atoms with E-state index in [0.717, 1.165) is 31.1 Å². The molecule has 2 aromatic carbocycles. The van der Waals surface area contributed by atoms with Gasteiger partial charge in [-0.25, -0.2) is 0 Å². The van der Waals surface area contributed by atoms with Crippen LogP contribution in [0.1, 0.15) is 81.5 Å². The fourth-order valence-corrected chi connectivity index (χ4v) is 7.32. The van der Waals surface area contributed by atoms with Gasteiger partial charge < -0.3 is 15.5 Å². The van der Waals surface area contributed by atoms with Crippen LogP contribution >= 0.6 is 36.4 Å². The minimum absolute atomic E-state index is 0. The Morgan fingerprint density at radius 1 is 0.953 bits per heavy atom. The van der Waals surface area contributed by atoms with Crippen LogP contribution in [-0.4, -0.2) is 59.9 Å². The molecule has 0 aromatic heterocycles. The molecule has 2 aromatic rings. The standard InChI is InChI=1S/C34H47ClN4O2.2ClH/c1-24(2)20-32(26-8-4-3-5-9-26)38-16-18-39(19-17-38)34(41)31(21-25-12-14-28(35)15-13-25)37-33(40)22-30-29-11-7-6-10-27(29)23-36-30;;/h6-7,10-15,24,26,30-32,36H,3-5,8-9,16-23H2,1-2H3,(H,37,40);2*1H/t30?,31-,32?;;/m1../s1. The number of rotatable bonds is 10. The van der Waals surface area contributed by atoms with Gasteiger partial charge in [0.2, 0.25) is 11.8 Å². The predicted molar refractivity (Wildman–Crippen MR) is 180 cm³/mol. The fraction of sp³-hybridized carbons (Fsp3) is 0.588. The zero-order chi connectivity index (χ0) is 28.8. The van der Waals surface area contributed by atoms with Gasteiger partial charge in [0.05, 0.1) is 0 Å². The number of hydrogen-bond acceptors (Lipinski definition) is 4. The third kappa shape index (κ3) is 9.58. The Bertz CT molecular complexity index is 1160. The summed E-state index contributed by atoms with van der Waals surface area (Å²) in [7, 11) is 0. The molecular formula is C34H49Cl3N4O2. The minimum Gasteiger partial charge on any atom is -0.344 e. The molecule has 2 unspecified atom stereocenters. The maximum atomic E-state index is 13.9. The van der Waals surface area contributed by atoms with Gasteiger partial charge in [0.25, 0.3) is 0 Å². The Morgan fingerprint density at radius 3 is 2.30 bits per heavy atom. The Labute approximate surface area is 275 Å². The van der Waals surface area contributed by atoms with E-state index in [9.17, 15) is 9.59 Å². The highest BCUT2D eigenvalue weighted by atomic mass is 35.5. The Kier molecular flexibility index (Phi) is 14.1. The highest BCUT2D eigenvalue weighted by molar-refractivity contribution is 6.30. The zero-order valence-electron chi connectivity index (χ0n) is 25.6. The van der Waals surface area contributed by atoms with Crippen molar-refractivity contribution in [2.75, 3.05) is 26.2 Å². The number of nitrogens with one attached hydrogen (secondary N) is 2. The molecule has 238 valence electrons. The molecule has 6 nitrogen and oxygen atoms in total. The van der Waals surface area contributed by atoms with Crippen LogP contribution in [0.3, 0.4) is 0 Å². The number of benzene rings is 2. The first-order valence-corrected chi connectivity index (χ1v) is 16.1. The van der Waals surface area contributed by atoms with Crippen LogP contribution in [0.25, 0.3) is 0 Å². The van der Waals surface area contributed by atoms with E-state index >= 15 is 0 Å². The number of fused-ring (bicyclic) bond motifs is 1. The summed E-state index contributed by atoms with van der Waals surface area (Å²) >= 11 is 6.12. The molecule has 9 heteroatoms. The molecule has 1 saturated carbocycles. The lowest BCUT2D eigenvalue weighted by molar-refractivity contribution is -0.138. The van der Waals surface area contributed by atoms with Crippen LogP contribution in [0.4, 0.5) is 0 Å². The van der Waals surface area contributed by atoms with Crippen molar-refractivity contribution >= 4 is 48.2 Å². The average molecular weight is 652 g/mol. The summed E-state index contributed by atoms with van der Waals surface area (Å²) < 4.78 is 0. The van der Waals surface area contributed by atoms with Crippen LogP contribution in [0.5, 0.6) is 0 Å². The van der Waals surface area contributed by atoms with Crippen molar-refractivity contribution in [2.45, 2.75) is 89.9 Å². The van der Waals surface area contributed by atoms with Crippen molar-refractivity contribution in [3.05, 3.63) is 70.2 Å². The lowest BCUT2D eigenvalue weighted by Gasteiger charge is -2.44. The molecule has 2 aliphatic heterocycles. The molecule has 1 aliphatic carbocycles. The molecule has 0 bridgehead atoms. The van der Waals surface area contributed by atoms with E-state index in [2.05, 4.69) is 41.5 Å². The quantitative estimate of drug-likeness (QED) is 0.305. The minimum atomic E-state index is -0.600. The summed E-state index contributed by atoms with van der Waals surface area (Å²) in [6.45, 7) is 8.67. The summed E-state index contributed by atoms with van der Waals surface area (Å²) in [4.78, 5) is 31.9. The molecule has 2 fully saturated rings. The van der Waals surface area contributed by atoms with Crippen LogP contribution < -0.4 is 10.6 Å². The molecular weight excluding hydrogens is 603 g/mol. The Hall–Kier alpha value is -1.83. The molecule has 0 radical (unpaired) electrons. The monoisotopic (exact) mass is 650 g/mol. The second-order valence-corrected chi connectivity index (χ2v) is 13.2. The second kappa shape index (κ2) is 17.0. The number of nitrogens with zero attached hydrogens (tertiary/aromatic N) is 2. The second-order valence-electron chi connectivity index (χ2n) is 12.7. The lowest BCUT2D eigenvalue weighted by atomic mass is 9.80. The third-order valence-corrected chi connectivity index (χ3v) is 9.60. The van der Waals surface area contributed by atoms with E-state index in [1.165, 1.54) is 49.7 Å². The molecule has 3 atom stereocenters. The maximum absolute atomic E-state index is 13.9. The molecule has 0 spiro atoms. The van der Waals surface area contributed by atoms with Gasteiger partial charge in [-0.05, 0) is 59.9 Å². The first-order valence-electron chi connectivity index (χ1n) is 15.7. The van der Waals surface area contributed by atoms with Crippen molar-refractivity contribution in [3.63, 3.8) is 0 Å². The molecule has 3 aliphatic rings. The summed E-state index contributed by atoms with van der Waals surface area (Å²) in [6.07, 6.45) is 8.75. The normalized spacial score (nSPS) is 20.5. The number of amides is 2. The number of carbonyl (C=O) groups excluding carboxylic acids is 2. The Morgan fingerprint density at radius 2 is 1.63 bits per heavy atom. The van der Waals surface area contributed by atoms with E-state index < -0.39 is 6.04 Å². The van der Waals surface area contributed by atoms with Crippen LogP contribution in [0, 0.1) is 11.8 Å². The third-order valence-electron chi connectivity index (χ3n) is 9.35. The number of piperazine rings is 1. The molecule has 1 saturated heterocycles. The van der Waals surface area contributed by atoms with Crippen molar-refractivity contribution in [1.29, 1.82) is 0 Å². The first kappa shape index (κ1) is 35.6. The highest BCUT2D eigenvalue weighted by Crippen LogP contribution is 2.33. The summed E-state index contributed by atoms with van der Waals surface area (Å²) in [6, 6.07) is 15.8. The van der Waals surface area contributed by atoms with Gasteiger partial charge in [-0.15, -0.1) is 24.8 Å². The topological polar surface area (TPSA) is 64.7 Å².